The Morgan fingerprint density at radius 2 is 2.11 bits per heavy atom. The van der Waals surface area contributed by atoms with Gasteiger partial charge in [0.2, 0.25) is 0 Å². The predicted molar refractivity (Wildman–Crippen MR) is 74.8 cm³/mol. The number of benzene rings is 1. The minimum absolute atomic E-state index is 0.155. The number of hydrogen-bond donors (Lipinski definition) is 0. The zero-order valence-corrected chi connectivity index (χ0v) is 11.5. The Morgan fingerprint density at radius 1 is 1.32 bits per heavy atom. The first-order valence-electron chi connectivity index (χ1n) is 6.64. The van der Waals surface area contributed by atoms with Crippen LogP contribution < -0.4 is 4.90 Å². The van der Waals surface area contributed by atoms with Crippen LogP contribution in [0.4, 0.5) is 10.1 Å². The number of hydrogen-bond acceptors (Lipinski definition) is 2. The number of aromatic nitrogens is 2. The summed E-state index contributed by atoms with van der Waals surface area (Å²) >= 11 is 0. The second-order valence-corrected chi connectivity index (χ2v) is 5.40. The van der Waals surface area contributed by atoms with E-state index in [1.807, 2.05) is 19.3 Å². The van der Waals surface area contributed by atoms with E-state index in [-0.39, 0.29) is 5.82 Å². The van der Waals surface area contributed by atoms with Gasteiger partial charge in [-0.15, -0.1) is 0 Å². The molecule has 3 rings (SSSR count). The van der Waals surface area contributed by atoms with Crippen molar-refractivity contribution in [2.75, 3.05) is 11.4 Å². The van der Waals surface area contributed by atoms with Gasteiger partial charge in [0.15, 0.2) is 0 Å². The second-order valence-electron chi connectivity index (χ2n) is 5.40. The standard InChI is InChI=1S/C15H18FN3/c1-10(2)19-5-4-11-6-14(16)13(7-15(11)19)12-8-17-18(3)9-12/h6-10H,4-5H2,1-3H3. The maximum Gasteiger partial charge on any atom is 0.131 e. The summed E-state index contributed by atoms with van der Waals surface area (Å²) < 4.78 is 15.9. The van der Waals surface area contributed by atoms with Gasteiger partial charge in [-0.25, -0.2) is 4.39 Å². The van der Waals surface area contributed by atoms with Crippen LogP contribution >= 0.6 is 0 Å². The molecule has 4 heteroatoms. The molecule has 0 bridgehead atoms. The van der Waals surface area contributed by atoms with E-state index in [1.165, 1.54) is 0 Å². The zero-order valence-electron chi connectivity index (χ0n) is 11.5. The average molecular weight is 259 g/mol. The molecule has 0 atom stereocenters. The van der Waals surface area contributed by atoms with Gasteiger partial charge in [-0.1, -0.05) is 0 Å². The smallest absolute Gasteiger partial charge is 0.131 e. The summed E-state index contributed by atoms with van der Waals surface area (Å²) in [5.41, 5.74) is 3.74. The molecule has 2 heterocycles. The molecule has 1 aliphatic heterocycles. The molecule has 3 nitrogen and oxygen atoms in total. The molecular weight excluding hydrogens is 241 g/mol. The van der Waals surface area contributed by atoms with Crippen molar-refractivity contribution >= 4 is 5.69 Å². The number of rotatable bonds is 2. The predicted octanol–water partition coefficient (Wildman–Crippen LogP) is 3.00. The maximum atomic E-state index is 14.2. The number of nitrogens with zero attached hydrogens (tertiary/aromatic N) is 3. The van der Waals surface area contributed by atoms with Crippen LogP contribution in [0.15, 0.2) is 24.5 Å². The van der Waals surface area contributed by atoms with Crippen LogP contribution in [0.5, 0.6) is 0 Å². The highest BCUT2D eigenvalue weighted by atomic mass is 19.1. The maximum absolute atomic E-state index is 14.2. The lowest BCUT2D eigenvalue weighted by Crippen LogP contribution is -2.28. The Labute approximate surface area is 112 Å². The summed E-state index contributed by atoms with van der Waals surface area (Å²) in [6, 6.07) is 4.09. The second kappa shape index (κ2) is 4.37. The molecule has 1 aromatic heterocycles. The molecular formula is C15H18FN3. The molecule has 19 heavy (non-hydrogen) atoms. The third-order valence-corrected chi connectivity index (χ3v) is 3.74. The highest BCUT2D eigenvalue weighted by Crippen LogP contribution is 2.35. The van der Waals surface area contributed by atoms with Gasteiger partial charge >= 0.3 is 0 Å². The van der Waals surface area contributed by atoms with Crippen molar-refractivity contribution in [2.45, 2.75) is 26.3 Å². The molecule has 0 amide bonds. The topological polar surface area (TPSA) is 21.1 Å². The largest absolute Gasteiger partial charge is 0.369 e. The van der Waals surface area contributed by atoms with E-state index < -0.39 is 0 Å². The van der Waals surface area contributed by atoms with Crippen LogP contribution in [-0.4, -0.2) is 22.4 Å². The van der Waals surface area contributed by atoms with Gasteiger partial charge < -0.3 is 4.90 Å². The van der Waals surface area contributed by atoms with E-state index in [4.69, 9.17) is 0 Å². The SMILES string of the molecule is CC(C)N1CCc2cc(F)c(-c3cnn(C)c3)cc21. The zero-order chi connectivity index (χ0) is 13.6. The molecule has 0 spiro atoms. The van der Waals surface area contributed by atoms with Crippen molar-refractivity contribution in [3.63, 3.8) is 0 Å². The Morgan fingerprint density at radius 3 is 2.74 bits per heavy atom. The van der Waals surface area contributed by atoms with E-state index >= 15 is 0 Å². The van der Waals surface area contributed by atoms with E-state index in [0.29, 0.717) is 11.6 Å². The van der Waals surface area contributed by atoms with Crippen molar-refractivity contribution in [1.29, 1.82) is 0 Å². The first-order valence-corrected chi connectivity index (χ1v) is 6.64. The van der Waals surface area contributed by atoms with Gasteiger partial charge in [-0.05, 0) is 38.0 Å². The van der Waals surface area contributed by atoms with Crippen molar-refractivity contribution in [3.05, 3.63) is 35.9 Å². The molecule has 0 N–H and O–H groups in total. The van der Waals surface area contributed by atoms with Gasteiger partial charge in [-0.2, -0.15) is 5.10 Å². The molecule has 1 aromatic carbocycles. The molecule has 0 unspecified atom stereocenters. The Balaban J connectivity index is 2.10. The molecule has 0 radical (unpaired) electrons. The number of halogens is 1. The van der Waals surface area contributed by atoms with Gasteiger partial charge in [0.1, 0.15) is 5.82 Å². The highest BCUT2D eigenvalue weighted by molar-refractivity contribution is 5.72. The normalized spacial score (nSPS) is 14.3. The molecule has 0 aliphatic carbocycles. The summed E-state index contributed by atoms with van der Waals surface area (Å²) in [5, 5.41) is 4.12. The van der Waals surface area contributed by atoms with E-state index in [1.54, 1.807) is 16.9 Å². The van der Waals surface area contributed by atoms with Crippen LogP contribution in [0.2, 0.25) is 0 Å². The van der Waals surface area contributed by atoms with Crippen molar-refractivity contribution < 1.29 is 4.39 Å². The first-order chi connectivity index (χ1) is 9.06. The summed E-state index contributed by atoms with van der Waals surface area (Å²) in [4.78, 5) is 2.33. The lowest BCUT2D eigenvalue weighted by atomic mass is 10.0. The lowest BCUT2D eigenvalue weighted by molar-refractivity contribution is 0.630. The van der Waals surface area contributed by atoms with Crippen molar-refractivity contribution in [1.82, 2.24) is 9.78 Å². The van der Waals surface area contributed by atoms with Gasteiger partial charge in [0, 0.05) is 42.6 Å². The van der Waals surface area contributed by atoms with Gasteiger partial charge in [0.25, 0.3) is 0 Å². The van der Waals surface area contributed by atoms with Gasteiger partial charge in [-0.3, -0.25) is 4.68 Å². The lowest BCUT2D eigenvalue weighted by Gasteiger charge is -2.24. The fraction of sp³-hybridized carbons (Fsp3) is 0.400. The summed E-state index contributed by atoms with van der Waals surface area (Å²) in [6.45, 7) is 5.31. The van der Waals surface area contributed by atoms with E-state index in [0.717, 1.165) is 29.8 Å². The summed E-state index contributed by atoms with van der Waals surface area (Å²) in [5.74, 6) is -0.155. The van der Waals surface area contributed by atoms with Crippen molar-refractivity contribution in [3.8, 4) is 11.1 Å². The molecule has 0 saturated carbocycles. The van der Waals surface area contributed by atoms with Crippen molar-refractivity contribution in [2.24, 2.45) is 7.05 Å². The minimum atomic E-state index is -0.155. The van der Waals surface area contributed by atoms with Crippen LogP contribution in [0.3, 0.4) is 0 Å². The first kappa shape index (κ1) is 12.2. The third-order valence-electron chi connectivity index (χ3n) is 3.74. The third kappa shape index (κ3) is 2.01. The minimum Gasteiger partial charge on any atom is -0.369 e. The molecule has 0 fully saturated rings. The van der Waals surface area contributed by atoms with Crippen LogP contribution in [0, 0.1) is 5.82 Å². The summed E-state index contributed by atoms with van der Waals surface area (Å²) in [7, 11) is 1.84. The van der Waals surface area contributed by atoms with Crippen LogP contribution in [0.1, 0.15) is 19.4 Å². The monoisotopic (exact) mass is 259 g/mol. The number of fused-ring (bicyclic) bond motifs is 1. The van der Waals surface area contributed by atoms with Gasteiger partial charge in [0.05, 0.1) is 6.20 Å². The molecule has 0 saturated heterocycles. The number of aryl methyl sites for hydroxylation is 1. The van der Waals surface area contributed by atoms with Crippen LogP contribution in [0.25, 0.3) is 11.1 Å². The fourth-order valence-corrected chi connectivity index (χ4v) is 2.75. The Hall–Kier alpha value is -1.84. The quantitative estimate of drug-likeness (QED) is 0.826. The molecule has 100 valence electrons. The van der Waals surface area contributed by atoms with E-state index in [9.17, 15) is 4.39 Å². The Kier molecular flexibility index (Phi) is 2.81. The average Bonchev–Trinajstić information content (AvgIpc) is 2.93. The highest BCUT2D eigenvalue weighted by Gasteiger charge is 2.23. The fourth-order valence-electron chi connectivity index (χ4n) is 2.75. The molecule has 2 aromatic rings. The Bertz CT molecular complexity index is 616. The molecule has 1 aliphatic rings. The van der Waals surface area contributed by atoms with E-state index in [2.05, 4.69) is 23.8 Å². The number of anilines is 1. The van der Waals surface area contributed by atoms with Crippen LogP contribution in [-0.2, 0) is 13.5 Å². The summed E-state index contributed by atoms with van der Waals surface area (Å²) in [6.07, 6.45) is 4.48.